The average molecular weight is 360 g/mol. The Morgan fingerprint density at radius 1 is 1.28 bits per heavy atom. The lowest BCUT2D eigenvalue weighted by Crippen LogP contribution is -2.33. The van der Waals surface area contributed by atoms with Crippen LogP contribution in [0, 0.1) is 0 Å². The lowest BCUT2D eigenvalue weighted by Gasteiger charge is -2.20. The second-order valence-electron chi connectivity index (χ2n) is 5.76. The van der Waals surface area contributed by atoms with E-state index >= 15 is 0 Å². The van der Waals surface area contributed by atoms with Crippen LogP contribution in [0.4, 0.5) is 0 Å². The number of rotatable bonds is 8. The first-order valence-corrected chi connectivity index (χ1v) is 8.95. The standard InChI is InChI=1S/C19H24N2O3S/c1-6-21(11-13(2)3)18(22)10-15-12-25-19(20-15)14-7-8-16(23-4)17(9-14)24-5/h7-9,12H,2,6,10-11H2,1,3-5H3. The normalized spacial score (nSPS) is 10.4. The van der Waals surface area contributed by atoms with Crippen molar-refractivity contribution in [2.45, 2.75) is 20.3 Å². The second kappa shape index (κ2) is 8.67. The van der Waals surface area contributed by atoms with Gasteiger partial charge in [-0.05, 0) is 32.0 Å². The highest BCUT2D eigenvalue weighted by Gasteiger charge is 2.15. The van der Waals surface area contributed by atoms with Crippen molar-refractivity contribution in [2.75, 3.05) is 27.3 Å². The van der Waals surface area contributed by atoms with E-state index in [9.17, 15) is 4.79 Å². The summed E-state index contributed by atoms with van der Waals surface area (Å²) in [5.41, 5.74) is 2.69. The SMILES string of the molecule is C=C(C)CN(CC)C(=O)Cc1csc(-c2ccc(OC)c(OC)c2)n1. The largest absolute Gasteiger partial charge is 0.493 e. The van der Waals surface area contributed by atoms with Gasteiger partial charge in [0.05, 0.1) is 26.3 Å². The van der Waals surface area contributed by atoms with Crippen molar-refractivity contribution in [2.24, 2.45) is 0 Å². The minimum absolute atomic E-state index is 0.0645. The van der Waals surface area contributed by atoms with Crippen molar-refractivity contribution in [1.82, 2.24) is 9.88 Å². The van der Waals surface area contributed by atoms with Crippen LogP contribution in [-0.2, 0) is 11.2 Å². The van der Waals surface area contributed by atoms with Gasteiger partial charge in [-0.15, -0.1) is 11.3 Å². The number of nitrogens with zero attached hydrogens (tertiary/aromatic N) is 2. The van der Waals surface area contributed by atoms with Gasteiger partial charge >= 0.3 is 0 Å². The topological polar surface area (TPSA) is 51.7 Å². The van der Waals surface area contributed by atoms with E-state index in [1.165, 1.54) is 11.3 Å². The summed E-state index contributed by atoms with van der Waals surface area (Å²) < 4.78 is 10.6. The molecule has 1 aromatic carbocycles. The first-order chi connectivity index (χ1) is 12.0. The van der Waals surface area contributed by atoms with Crippen molar-refractivity contribution in [3.05, 3.63) is 41.4 Å². The molecule has 0 aliphatic carbocycles. The van der Waals surface area contributed by atoms with Crippen LogP contribution in [0.5, 0.6) is 11.5 Å². The molecule has 0 spiro atoms. The van der Waals surface area contributed by atoms with Crippen LogP contribution in [0.15, 0.2) is 35.7 Å². The molecule has 2 aromatic rings. The molecule has 1 amide bonds. The van der Waals surface area contributed by atoms with Crippen LogP contribution in [0.1, 0.15) is 19.5 Å². The van der Waals surface area contributed by atoms with Gasteiger partial charge in [0.2, 0.25) is 5.91 Å². The number of ether oxygens (including phenoxy) is 2. The highest BCUT2D eigenvalue weighted by Crippen LogP contribution is 2.33. The Kier molecular flexibility index (Phi) is 6.58. The molecule has 134 valence electrons. The number of likely N-dealkylation sites (N-methyl/N-ethyl adjacent to an activating group) is 1. The summed E-state index contributed by atoms with van der Waals surface area (Å²) in [6.07, 6.45) is 0.297. The van der Waals surface area contributed by atoms with Gasteiger partial charge in [0, 0.05) is 24.0 Å². The van der Waals surface area contributed by atoms with E-state index < -0.39 is 0 Å². The molecule has 0 aliphatic heterocycles. The van der Waals surface area contributed by atoms with Gasteiger partial charge < -0.3 is 14.4 Å². The fourth-order valence-electron chi connectivity index (χ4n) is 2.46. The third-order valence-electron chi connectivity index (χ3n) is 3.71. The van der Waals surface area contributed by atoms with E-state index in [0.717, 1.165) is 21.8 Å². The maximum Gasteiger partial charge on any atom is 0.228 e. The highest BCUT2D eigenvalue weighted by atomic mass is 32.1. The zero-order chi connectivity index (χ0) is 18.4. The molecule has 0 N–H and O–H groups in total. The Bertz CT molecular complexity index is 755. The van der Waals surface area contributed by atoms with Crippen LogP contribution in [-0.4, -0.2) is 43.1 Å². The van der Waals surface area contributed by atoms with Gasteiger partial charge in [0.25, 0.3) is 0 Å². The first kappa shape index (κ1) is 19.0. The Hall–Kier alpha value is -2.34. The van der Waals surface area contributed by atoms with E-state index in [-0.39, 0.29) is 5.91 Å². The monoisotopic (exact) mass is 360 g/mol. The summed E-state index contributed by atoms with van der Waals surface area (Å²) in [5, 5.41) is 2.78. The quantitative estimate of drug-likeness (QED) is 0.672. The van der Waals surface area contributed by atoms with Crippen molar-refractivity contribution >= 4 is 17.2 Å². The number of thiazole rings is 1. The maximum absolute atomic E-state index is 12.4. The number of amides is 1. The summed E-state index contributed by atoms with van der Waals surface area (Å²) >= 11 is 1.51. The Balaban J connectivity index is 2.14. The molecule has 1 heterocycles. The molecule has 0 saturated heterocycles. The van der Waals surface area contributed by atoms with Crippen LogP contribution in [0.3, 0.4) is 0 Å². The fourth-order valence-corrected chi connectivity index (χ4v) is 3.28. The number of carbonyl (C=O) groups excluding carboxylic acids is 1. The first-order valence-electron chi connectivity index (χ1n) is 8.07. The van der Waals surface area contributed by atoms with Gasteiger partial charge in [0.15, 0.2) is 11.5 Å². The predicted molar refractivity (Wildman–Crippen MR) is 101 cm³/mol. The van der Waals surface area contributed by atoms with Crippen molar-refractivity contribution in [1.29, 1.82) is 0 Å². The number of benzene rings is 1. The molecule has 2 rings (SSSR count). The summed E-state index contributed by atoms with van der Waals surface area (Å²) in [7, 11) is 3.21. The Labute approximate surface area is 152 Å². The molecule has 0 saturated carbocycles. The summed E-state index contributed by atoms with van der Waals surface area (Å²) in [4.78, 5) is 18.8. The molecule has 6 heteroatoms. The molecule has 0 radical (unpaired) electrons. The lowest BCUT2D eigenvalue weighted by atomic mass is 10.2. The number of hydrogen-bond donors (Lipinski definition) is 0. The van der Waals surface area contributed by atoms with Gasteiger partial charge in [-0.2, -0.15) is 0 Å². The van der Waals surface area contributed by atoms with Crippen LogP contribution in [0.2, 0.25) is 0 Å². The van der Waals surface area contributed by atoms with Crippen molar-refractivity contribution < 1.29 is 14.3 Å². The lowest BCUT2D eigenvalue weighted by molar-refractivity contribution is -0.129. The molecule has 1 aromatic heterocycles. The molecular weight excluding hydrogens is 336 g/mol. The molecule has 0 atom stereocenters. The van der Waals surface area contributed by atoms with E-state index in [2.05, 4.69) is 11.6 Å². The molecule has 0 bridgehead atoms. The van der Waals surface area contributed by atoms with Gasteiger partial charge in [0.1, 0.15) is 5.01 Å². The highest BCUT2D eigenvalue weighted by molar-refractivity contribution is 7.13. The van der Waals surface area contributed by atoms with E-state index in [0.29, 0.717) is 31.0 Å². The molecule has 5 nitrogen and oxygen atoms in total. The summed E-state index contributed by atoms with van der Waals surface area (Å²) in [6, 6.07) is 5.68. The smallest absolute Gasteiger partial charge is 0.228 e. The predicted octanol–water partition coefficient (Wildman–Crippen LogP) is 3.79. The zero-order valence-electron chi connectivity index (χ0n) is 15.2. The fraction of sp³-hybridized carbons (Fsp3) is 0.368. The van der Waals surface area contributed by atoms with E-state index in [1.54, 1.807) is 19.1 Å². The van der Waals surface area contributed by atoms with E-state index in [1.807, 2.05) is 37.4 Å². The molecule has 0 unspecified atom stereocenters. The van der Waals surface area contributed by atoms with Crippen LogP contribution >= 0.6 is 11.3 Å². The Morgan fingerprint density at radius 3 is 2.60 bits per heavy atom. The van der Waals surface area contributed by atoms with E-state index in [4.69, 9.17) is 9.47 Å². The number of hydrogen-bond acceptors (Lipinski definition) is 5. The summed E-state index contributed by atoms with van der Waals surface area (Å²) in [6.45, 7) is 9.02. The average Bonchev–Trinajstić information content (AvgIpc) is 3.07. The molecule has 0 fully saturated rings. The third kappa shape index (κ3) is 4.82. The number of methoxy groups -OCH3 is 2. The molecular formula is C19H24N2O3S. The maximum atomic E-state index is 12.4. The minimum atomic E-state index is 0.0645. The molecule has 25 heavy (non-hydrogen) atoms. The Morgan fingerprint density at radius 2 is 2.00 bits per heavy atom. The number of aromatic nitrogens is 1. The van der Waals surface area contributed by atoms with Gasteiger partial charge in [-0.3, -0.25) is 4.79 Å². The number of carbonyl (C=O) groups is 1. The van der Waals surface area contributed by atoms with Crippen molar-refractivity contribution in [3.8, 4) is 22.1 Å². The minimum Gasteiger partial charge on any atom is -0.493 e. The van der Waals surface area contributed by atoms with Crippen molar-refractivity contribution in [3.63, 3.8) is 0 Å². The second-order valence-corrected chi connectivity index (χ2v) is 6.61. The third-order valence-corrected chi connectivity index (χ3v) is 4.65. The van der Waals surface area contributed by atoms with Gasteiger partial charge in [-0.25, -0.2) is 4.98 Å². The van der Waals surface area contributed by atoms with Crippen LogP contribution < -0.4 is 9.47 Å². The van der Waals surface area contributed by atoms with Crippen LogP contribution in [0.25, 0.3) is 10.6 Å². The molecule has 0 aliphatic rings. The summed E-state index contributed by atoms with van der Waals surface area (Å²) in [5.74, 6) is 1.40. The zero-order valence-corrected chi connectivity index (χ0v) is 16.0. The van der Waals surface area contributed by atoms with Gasteiger partial charge in [-0.1, -0.05) is 12.2 Å².